The molecule has 0 atom stereocenters. The monoisotopic (exact) mass is 267 g/mol. The number of rotatable bonds is 3. The number of nitrogens with zero attached hydrogens (tertiary/aromatic N) is 3. The minimum atomic E-state index is 0.329. The van der Waals surface area contributed by atoms with E-state index in [0.29, 0.717) is 12.0 Å². The highest BCUT2D eigenvalue weighted by Crippen LogP contribution is 2.34. The van der Waals surface area contributed by atoms with Gasteiger partial charge in [-0.3, -0.25) is 0 Å². The molecule has 3 N–H and O–H groups in total. The van der Waals surface area contributed by atoms with Crippen molar-refractivity contribution in [2.75, 3.05) is 22.5 Å². The van der Waals surface area contributed by atoms with Crippen LogP contribution in [0.15, 0.2) is 30.3 Å². The lowest BCUT2D eigenvalue weighted by atomic mass is 10.2. The molecule has 1 aromatic carbocycles. The standard InChI is InChI=1S/C15H17N5/c16-15-18-13(17-11-5-6-11)9-14(19-15)20-8-7-10-3-1-2-4-12(10)20/h1-4,9,11H,5-8H2,(H3,16,17,18,19). The van der Waals surface area contributed by atoms with Gasteiger partial charge in [0.2, 0.25) is 5.95 Å². The molecular formula is C15H17N5. The normalized spacial score (nSPS) is 17.1. The number of nitrogens with one attached hydrogen (secondary N) is 1. The summed E-state index contributed by atoms with van der Waals surface area (Å²) in [7, 11) is 0. The summed E-state index contributed by atoms with van der Waals surface area (Å²) in [5.41, 5.74) is 8.44. The number of hydrogen-bond donors (Lipinski definition) is 2. The zero-order valence-corrected chi connectivity index (χ0v) is 11.2. The number of nitrogen functional groups attached to an aromatic ring is 1. The van der Waals surface area contributed by atoms with Gasteiger partial charge >= 0.3 is 0 Å². The van der Waals surface area contributed by atoms with Crippen LogP contribution in [0, 0.1) is 0 Å². The van der Waals surface area contributed by atoms with Crippen molar-refractivity contribution in [1.29, 1.82) is 0 Å². The highest BCUT2D eigenvalue weighted by molar-refractivity contribution is 5.69. The van der Waals surface area contributed by atoms with Gasteiger partial charge in [0, 0.05) is 24.3 Å². The molecule has 0 spiro atoms. The van der Waals surface area contributed by atoms with Gasteiger partial charge in [0.1, 0.15) is 11.6 Å². The van der Waals surface area contributed by atoms with Crippen LogP contribution < -0.4 is 16.0 Å². The van der Waals surface area contributed by atoms with E-state index in [1.54, 1.807) is 0 Å². The predicted octanol–water partition coefficient (Wildman–Crippen LogP) is 2.33. The molecule has 4 rings (SSSR count). The highest BCUT2D eigenvalue weighted by Gasteiger charge is 2.24. The Morgan fingerprint density at radius 2 is 2.05 bits per heavy atom. The Kier molecular flexibility index (Phi) is 2.52. The van der Waals surface area contributed by atoms with Crippen LogP contribution in [0.1, 0.15) is 18.4 Å². The van der Waals surface area contributed by atoms with Crippen LogP contribution in [0.2, 0.25) is 0 Å². The van der Waals surface area contributed by atoms with Crippen molar-refractivity contribution < 1.29 is 0 Å². The van der Waals surface area contributed by atoms with Gasteiger partial charge in [-0.2, -0.15) is 9.97 Å². The summed E-state index contributed by atoms with van der Waals surface area (Å²) in [6.45, 7) is 0.943. The lowest BCUT2D eigenvalue weighted by molar-refractivity contribution is 0.965. The average Bonchev–Trinajstić information content (AvgIpc) is 3.14. The first-order valence-electron chi connectivity index (χ1n) is 7.06. The molecule has 1 aliphatic carbocycles. The molecule has 0 radical (unpaired) electrons. The fourth-order valence-electron chi connectivity index (χ4n) is 2.68. The van der Waals surface area contributed by atoms with Crippen molar-refractivity contribution in [1.82, 2.24) is 9.97 Å². The Morgan fingerprint density at radius 1 is 1.20 bits per heavy atom. The molecule has 2 heterocycles. The summed E-state index contributed by atoms with van der Waals surface area (Å²) < 4.78 is 0. The van der Waals surface area contributed by atoms with E-state index in [1.807, 2.05) is 6.07 Å². The third-order valence-electron chi connectivity index (χ3n) is 3.82. The van der Waals surface area contributed by atoms with Crippen molar-refractivity contribution in [2.45, 2.75) is 25.3 Å². The maximum absolute atomic E-state index is 5.85. The minimum Gasteiger partial charge on any atom is -0.368 e. The quantitative estimate of drug-likeness (QED) is 0.893. The van der Waals surface area contributed by atoms with E-state index in [9.17, 15) is 0 Å². The van der Waals surface area contributed by atoms with Crippen molar-refractivity contribution in [2.24, 2.45) is 0 Å². The Hall–Kier alpha value is -2.30. The van der Waals surface area contributed by atoms with Crippen LogP contribution in [0.25, 0.3) is 0 Å². The lowest BCUT2D eigenvalue weighted by Crippen LogP contribution is -2.17. The number of nitrogens with two attached hydrogens (primary N) is 1. The van der Waals surface area contributed by atoms with Crippen molar-refractivity contribution in [3.8, 4) is 0 Å². The van der Waals surface area contributed by atoms with Gasteiger partial charge in [-0.1, -0.05) is 18.2 Å². The molecule has 1 saturated carbocycles. The largest absolute Gasteiger partial charge is 0.368 e. The van der Waals surface area contributed by atoms with E-state index in [2.05, 4.69) is 44.5 Å². The van der Waals surface area contributed by atoms with Crippen molar-refractivity contribution in [3.63, 3.8) is 0 Å². The van der Waals surface area contributed by atoms with Gasteiger partial charge in [-0.15, -0.1) is 0 Å². The van der Waals surface area contributed by atoms with Gasteiger partial charge in [0.15, 0.2) is 0 Å². The van der Waals surface area contributed by atoms with Crippen LogP contribution in [0.5, 0.6) is 0 Å². The molecule has 2 aromatic rings. The first-order chi connectivity index (χ1) is 9.79. The molecule has 1 aliphatic heterocycles. The molecular weight excluding hydrogens is 250 g/mol. The van der Waals surface area contributed by atoms with E-state index < -0.39 is 0 Å². The van der Waals surface area contributed by atoms with Crippen LogP contribution >= 0.6 is 0 Å². The summed E-state index contributed by atoms with van der Waals surface area (Å²) >= 11 is 0. The maximum atomic E-state index is 5.85. The number of hydrogen-bond acceptors (Lipinski definition) is 5. The number of anilines is 4. The number of fused-ring (bicyclic) bond motifs is 1. The van der Waals surface area contributed by atoms with E-state index in [4.69, 9.17) is 5.73 Å². The fraction of sp³-hybridized carbons (Fsp3) is 0.333. The molecule has 102 valence electrons. The molecule has 1 fully saturated rings. The Labute approximate surface area is 117 Å². The number of aromatic nitrogens is 2. The molecule has 5 heteroatoms. The van der Waals surface area contributed by atoms with Gasteiger partial charge in [0.05, 0.1) is 0 Å². The van der Waals surface area contributed by atoms with Crippen molar-refractivity contribution in [3.05, 3.63) is 35.9 Å². The zero-order chi connectivity index (χ0) is 13.5. The highest BCUT2D eigenvalue weighted by atomic mass is 15.2. The van der Waals surface area contributed by atoms with Crippen LogP contribution in [-0.4, -0.2) is 22.6 Å². The number of para-hydroxylation sites is 1. The summed E-state index contributed by atoms with van der Waals surface area (Å²) in [6, 6.07) is 11.0. The minimum absolute atomic E-state index is 0.329. The SMILES string of the molecule is Nc1nc(NC2CC2)cc(N2CCc3ccccc32)n1. The third kappa shape index (κ3) is 2.05. The predicted molar refractivity (Wildman–Crippen MR) is 80.2 cm³/mol. The molecule has 5 nitrogen and oxygen atoms in total. The van der Waals surface area contributed by atoms with E-state index in [-0.39, 0.29) is 0 Å². The second kappa shape index (κ2) is 4.37. The Balaban J connectivity index is 1.70. The molecule has 2 aliphatic rings. The average molecular weight is 267 g/mol. The van der Waals surface area contributed by atoms with E-state index >= 15 is 0 Å². The van der Waals surface area contributed by atoms with Gasteiger partial charge < -0.3 is 16.0 Å². The van der Waals surface area contributed by atoms with Crippen LogP contribution in [0.4, 0.5) is 23.3 Å². The van der Waals surface area contributed by atoms with E-state index in [1.165, 1.54) is 24.1 Å². The smallest absolute Gasteiger partial charge is 0.223 e. The molecule has 0 unspecified atom stereocenters. The first kappa shape index (κ1) is 11.5. The topological polar surface area (TPSA) is 67.1 Å². The summed E-state index contributed by atoms with van der Waals surface area (Å²) in [5.74, 6) is 2.04. The summed E-state index contributed by atoms with van der Waals surface area (Å²) in [5, 5.41) is 3.39. The zero-order valence-electron chi connectivity index (χ0n) is 11.2. The molecule has 0 saturated heterocycles. The molecule has 0 amide bonds. The van der Waals surface area contributed by atoms with E-state index in [0.717, 1.165) is 24.6 Å². The second-order valence-electron chi connectivity index (χ2n) is 5.42. The van der Waals surface area contributed by atoms with Crippen LogP contribution in [0.3, 0.4) is 0 Å². The maximum Gasteiger partial charge on any atom is 0.223 e. The van der Waals surface area contributed by atoms with Gasteiger partial charge in [0.25, 0.3) is 0 Å². The molecule has 1 aromatic heterocycles. The Morgan fingerprint density at radius 3 is 2.90 bits per heavy atom. The molecule has 20 heavy (non-hydrogen) atoms. The second-order valence-corrected chi connectivity index (χ2v) is 5.42. The van der Waals surface area contributed by atoms with Crippen LogP contribution in [-0.2, 0) is 6.42 Å². The Bertz CT molecular complexity index is 650. The van der Waals surface area contributed by atoms with Gasteiger partial charge in [-0.25, -0.2) is 0 Å². The lowest BCUT2D eigenvalue weighted by Gasteiger charge is -2.19. The number of benzene rings is 1. The summed E-state index contributed by atoms with van der Waals surface area (Å²) in [6.07, 6.45) is 3.48. The fourth-order valence-corrected chi connectivity index (χ4v) is 2.68. The first-order valence-corrected chi connectivity index (χ1v) is 7.06. The van der Waals surface area contributed by atoms with Gasteiger partial charge in [-0.05, 0) is 30.9 Å². The summed E-state index contributed by atoms with van der Waals surface area (Å²) in [4.78, 5) is 10.9. The molecule has 0 bridgehead atoms. The third-order valence-corrected chi connectivity index (χ3v) is 3.82. The van der Waals surface area contributed by atoms with Crippen molar-refractivity contribution >= 4 is 23.3 Å².